The number of amides is 1. The predicted molar refractivity (Wildman–Crippen MR) is 130 cm³/mol. The highest BCUT2D eigenvalue weighted by atomic mass is 19.1. The molecule has 0 aromatic heterocycles. The third-order valence-corrected chi connectivity index (χ3v) is 6.71. The maximum absolute atomic E-state index is 13.1. The van der Waals surface area contributed by atoms with Gasteiger partial charge in [-0.2, -0.15) is 0 Å². The molecule has 1 N–H and O–H groups in total. The molecule has 1 aromatic rings. The second-order valence-electron chi connectivity index (χ2n) is 9.55. The topological polar surface area (TPSA) is 41.6 Å². The molecule has 182 valence electrons. The Morgan fingerprint density at radius 1 is 1.03 bits per heavy atom. The van der Waals surface area contributed by atoms with Crippen LogP contribution in [0.3, 0.4) is 0 Å². The lowest BCUT2D eigenvalue weighted by atomic mass is 9.92. The smallest absolute Gasteiger partial charge is 0.227 e. The maximum Gasteiger partial charge on any atom is 0.227 e. The van der Waals surface area contributed by atoms with E-state index in [0.29, 0.717) is 6.10 Å². The maximum atomic E-state index is 13.1. The summed E-state index contributed by atoms with van der Waals surface area (Å²) in [5.74, 6) is -0.511. The van der Waals surface area contributed by atoms with Crippen LogP contribution in [0.25, 0.3) is 0 Å². The van der Waals surface area contributed by atoms with Crippen molar-refractivity contribution in [1.82, 2.24) is 10.2 Å². The Morgan fingerprint density at radius 2 is 1.66 bits per heavy atom. The molecule has 1 aromatic carbocycles. The summed E-state index contributed by atoms with van der Waals surface area (Å²) in [6.45, 7) is 7.42. The Morgan fingerprint density at radius 3 is 2.31 bits per heavy atom. The SMILES string of the molecule is CCCCCN(C)CCCCCCOC1CCC(NC(=O)C(C)c2ccc(F)cc2)CC1. The minimum atomic E-state index is -0.273. The average Bonchev–Trinajstić information content (AvgIpc) is 2.79. The molecule has 32 heavy (non-hydrogen) atoms. The molecule has 0 spiro atoms. The second-order valence-corrected chi connectivity index (χ2v) is 9.55. The van der Waals surface area contributed by atoms with Gasteiger partial charge in [-0.25, -0.2) is 4.39 Å². The van der Waals surface area contributed by atoms with Gasteiger partial charge in [-0.3, -0.25) is 4.79 Å². The van der Waals surface area contributed by atoms with Gasteiger partial charge in [-0.05, 0) is 89.7 Å². The molecular formula is C27H45FN2O2. The standard InChI is InChI=1S/C27H45FN2O2/c1-4-5-8-19-30(3)20-9-6-7-10-21-32-26-17-15-25(16-18-26)29-27(31)22(2)23-11-13-24(28)14-12-23/h11-14,22,25-26H,4-10,15-21H2,1-3H3,(H,29,31). The molecule has 2 rings (SSSR count). The van der Waals surface area contributed by atoms with Gasteiger partial charge in [-0.15, -0.1) is 0 Å². The molecule has 0 bridgehead atoms. The minimum Gasteiger partial charge on any atom is -0.378 e. The van der Waals surface area contributed by atoms with Crippen LogP contribution in [-0.2, 0) is 9.53 Å². The summed E-state index contributed by atoms with van der Waals surface area (Å²) in [5, 5.41) is 3.18. The highest BCUT2D eigenvalue weighted by molar-refractivity contribution is 5.83. The average molecular weight is 449 g/mol. The van der Waals surface area contributed by atoms with Gasteiger partial charge in [0.2, 0.25) is 5.91 Å². The van der Waals surface area contributed by atoms with Gasteiger partial charge in [0.1, 0.15) is 5.82 Å². The third kappa shape index (κ3) is 10.4. The van der Waals surface area contributed by atoms with E-state index in [2.05, 4.69) is 24.2 Å². The van der Waals surface area contributed by atoms with Crippen LogP contribution in [0.4, 0.5) is 4.39 Å². The van der Waals surface area contributed by atoms with Crippen molar-refractivity contribution in [2.45, 2.75) is 103 Å². The predicted octanol–water partition coefficient (Wildman–Crippen LogP) is 6.06. The van der Waals surface area contributed by atoms with Crippen molar-refractivity contribution >= 4 is 5.91 Å². The van der Waals surface area contributed by atoms with Gasteiger partial charge in [0.25, 0.3) is 0 Å². The van der Waals surface area contributed by atoms with E-state index >= 15 is 0 Å². The molecule has 1 atom stereocenters. The summed E-state index contributed by atoms with van der Waals surface area (Å²) >= 11 is 0. The highest BCUT2D eigenvalue weighted by Gasteiger charge is 2.25. The zero-order chi connectivity index (χ0) is 23.2. The summed E-state index contributed by atoms with van der Waals surface area (Å²) in [6, 6.07) is 6.43. The van der Waals surface area contributed by atoms with Crippen molar-refractivity contribution in [3.05, 3.63) is 35.6 Å². The number of halogens is 1. The molecule has 0 saturated heterocycles. The molecule has 1 saturated carbocycles. The Kier molecular flexibility index (Phi) is 12.9. The fourth-order valence-electron chi connectivity index (χ4n) is 4.43. The van der Waals surface area contributed by atoms with Crippen molar-refractivity contribution in [3.63, 3.8) is 0 Å². The Labute approximate surface area is 195 Å². The van der Waals surface area contributed by atoms with E-state index in [1.807, 2.05) is 6.92 Å². The summed E-state index contributed by atoms with van der Waals surface area (Å²) in [5.41, 5.74) is 0.851. The lowest BCUT2D eigenvalue weighted by molar-refractivity contribution is -0.123. The molecule has 1 aliphatic carbocycles. The van der Waals surface area contributed by atoms with E-state index in [-0.39, 0.29) is 23.7 Å². The number of benzene rings is 1. The van der Waals surface area contributed by atoms with E-state index in [4.69, 9.17) is 4.74 Å². The monoisotopic (exact) mass is 448 g/mol. The van der Waals surface area contributed by atoms with Gasteiger partial charge in [-0.1, -0.05) is 44.7 Å². The van der Waals surface area contributed by atoms with Crippen molar-refractivity contribution in [3.8, 4) is 0 Å². The largest absolute Gasteiger partial charge is 0.378 e. The molecule has 1 amide bonds. The van der Waals surface area contributed by atoms with Crippen LogP contribution in [0, 0.1) is 5.82 Å². The Hall–Kier alpha value is -1.46. The molecule has 1 aliphatic rings. The quantitative estimate of drug-likeness (QED) is 0.332. The van der Waals surface area contributed by atoms with Gasteiger partial charge < -0.3 is 15.0 Å². The number of ether oxygens (including phenoxy) is 1. The molecule has 1 unspecified atom stereocenters. The molecule has 4 nitrogen and oxygen atoms in total. The molecule has 0 heterocycles. The lowest BCUT2D eigenvalue weighted by Crippen LogP contribution is -2.40. The lowest BCUT2D eigenvalue weighted by Gasteiger charge is -2.30. The first-order valence-electron chi connectivity index (χ1n) is 12.9. The van der Waals surface area contributed by atoms with Crippen LogP contribution in [0.5, 0.6) is 0 Å². The number of unbranched alkanes of at least 4 members (excludes halogenated alkanes) is 5. The molecular weight excluding hydrogens is 403 g/mol. The first-order valence-corrected chi connectivity index (χ1v) is 12.9. The van der Waals surface area contributed by atoms with E-state index < -0.39 is 0 Å². The third-order valence-electron chi connectivity index (χ3n) is 6.71. The molecule has 0 aliphatic heterocycles. The zero-order valence-corrected chi connectivity index (χ0v) is 20.6. The van der Waals surface area contributed by atoms with Crippen LogP contribution in [0.15, 0.2) is 24.3 Å². The number of rotatable bonds is 15. The molecule has 0 radical (unpaired) electrons. The molecule has 5 heteroatoms. The fourth-order valence-corrected chi connectivity index (χ4v) is 4.43. The fraction of sp³-hybridized carbons (Fsp3) is 0.741. The van der Waals surface area contributed by atoms with Crippen LogP contribution in [0.2, 0.25) is 0 Å². The highest BCUT2D eigenvalue weighted by Crippen LogP contribution is 2.23. The number of nitrogens with one attached hydrogen (secondary N) is 1. The van der Waals surface area contributed by atoms with E-state index in [1.165, 1.54) is 63.7 Å². The Balaban J connectivity index is 1.49. The van der Waals surface area contributed by atoms with Gasteiger partial charge in [0, 0.05) is 12.6 Å². The van der Waals surface area contributed by atoms with Gasteiger partial charge >= 0.3 is 0 Å². The Bertz CT molecular complexity index is 629. The number of hydrogen-bond donors (Lipinski definition) is 1. The van der Waals surface area contributed by atoms with Gasteiger partial charge in [0.15, 0.2) is 0 Å². The van der Waals surface area contributed by atoms with Gasteiger partial charge in [0.05, 0.1) is 12.0 Å². The van der Waals surface area contributed by atoms with Crippen LogP contribution >= 0.6 is 0 Å². The summed E-state index contributed by atoms with van der Waals surface area (Å²) in [7, 11) is 2.24. The van der Waals surface area contributed by atoms with Crippen molar-refractivity contribution in [1.29, 1.82) is 0 Å². The van der Waals surface area contributed by atoms with Crippen molar-refractivity contribution < 1.29 is 13.9 Å². The zero-order valence-electron chi connectivity index (χ0n) is 20.6. The van der Waals surface area contributed by atoms with Crippen LogP contribution < -0.4 is 5.32 Å². The number of nitrogens with zero attached hydrogens (tertiary/aromatic N) is 1. The van der Waals surface area contributed by atoms with Crippen molar-refractivity contribution in [2.75, 3.05) is 26.7 Å². The normalized spacial score (nSPS) is 19.8. The van der Waals surface area contributed by atoms with E-state index in [0.717, 1.165) is 44.3 Å². The van der Waals surface area contributed by atoms with Crippen LogP contribution in [-0.4, -0.2) is 49.7 Å². The number of carbonyl (C=O) groups excluding carboxylic acids is 1. The summed E-state index contributed by atoms with van der Waals surface area (Å²) in [6.07, 6.45) is 13.2. The second kappa shape index (κ2) is 15.4. The summed E-state index contributed by atoms with van der Waals surface area (Å²) in [4.78, 5) is 15.0. The first-order chi connectivity index (χ1) is 15.5. The number of carbonyl (C=O) groups is 1. The summed E-state index contributed by atoms with van der Waals surface area (Å²) < 4.78 is 19.2. The van der Waals surface area contributed by atoms with E-state index in [1.54, 1.807) is 12.1 Å². The van der Waals surface area contributed by atoms with Crippen molar-refractivity contribution in [2.24, 2.45) is 0 Å². The number of hydrogen-bond acceptors (Lipinski definition) is 3. The first kappa shape index (κ1) is 26.8. The van der Waals surface area contributed by atoms with E-state index in [9.17, 15) is 9.18 Å². The minimum absolute atomic E-state index is 0.0250. The van der Waals surface area contributed by atoms with Crippen LogP contribution in [0.1, 0.15) is 96.0 Å². The molecule has 1 fully saturated rings.